The molecule has 164 valence electrons. The van der Waals surface area contributed by atoms with Crippen LogP contribution in [0.5, 0.6) is 5.75 Å². The fraction of sp³-hybridized carbons (Fsp3) is 0.318. The number of methoxy groups -OCH3 is 1. The second-order valence-electron chi connectivity index (χ2n) is 6.76. The average Bonchev–Trinajstić information content (AvgIpc) is 2.80. The van der Waals surface area contributed by atoms with Crippen molar-refractivity contribution >= 4 is 34.8 Å². The van der Waals surface area contributed by atoms with E-state index >= 15 is 0 Å². The Bertz CT molecular complexity index is 896. The number of benzene rings is 2. The molecule has 1 heterocycles. The molecular formula is C22H25N3O5S. The molecule has 1 saturated heterocycles. The summed E-state index contributed by atoms with van der Waals surface area (Å²) >= 11 is 5.22. The van der Waals surface area contributed by atoms with Crippen molar-refractivity contribution in [3.8, 4) is 5.75 Å². The number of carbonyl (C=O) groups excluding carboxylic acids is 2. The van der Waals surface area contributed by atoms with Crippen LogP contribution in [0.15, 0.2) is 48.5 Å². The van der Waals surface area contributed by atoms with Gasteiger partial charge in [0, 0.05) is 37.0 Å². The molecule has 3 rings (SSSR count). The Kier molecular flexibility index (Phi) is 8.34. The van der Waals surface area contributed by atoms with Crippen molar-refractivity contribution in [1.82, 2.24) is 10.2 Å². The maximum absolute atomic E-state index is 12.5. The minimum Gasteiger partial charge on any atom is -0.491 e. The molecule has 0 unspecified atom stereocenters. The van der Waals surface area contributed by atoms with Gasteiger partial charge in [0.1, 0.15) is 12.4 Å². The van der Waals surface area contributed by atoms with Crippen molar-refractivity contribution < 1.29 is 23.8 Å². The molecule has 1 aliphatic rings. The van der Waals surface area contributed by atoms with Crippen LogP contribution in [-0.4, -0.2) is 68.5 Å². The molecule has 0 spiro atoms. The Labute approximate surface area is 186 Å². The maximum Gasteiger partial charge on any atom is 0.257 e. The molecule has 0 atom stereocenters. The van der Waals surface area contributed by atoms with Crippen molar-refractivity contribution in [3.05, 3.63) is 59.7 Å². The van der Waals surface area contributed by atoms with Crippen LogP contribution in [0.25, 0.3) is 0 Å². The van der Waals surface area contributed by atoms with Gasteiger partial charge in [0.25, 0.3) is 11.8 Å². The van der Waals surface area contributed by atoms with E-state index in [0.29, 0.717) is 62.1 Å². The van der Waals surface area contributed by atoms with Crippen LogP contribution in [0.3, 0.4) is 0 Å². The standard InChI is InChI=1S/C22H25N3O5S/c1-28-14-15-30-19-8-4-16(5-9-19)20(26)24-22(31)23-18-6-2-17(3-7-18)21(27)25-10-12-29-13-11-25/h2-9H,10-15H2,1H3,(H2,23,24,26,31). The second-order valence-corrected chi connectivity index (χ2v) is 7.16. The predicted octanol–water partition coefficient (Wildman–Crippen LogP) is 2.31. The lowest BCUT2D eigenvalue weighted by atomic mass is 10.1. The quantitative estimate of drug-likeness (QED) is 0.501. The lowest BCUT2D eigenvalue weighted by molar-refractivity contribution is 0.0303. The van der Waals surface area contributed by atoms with Crippen LogP contribution < -0.4 is 15.4 Å². The van der Waals surface area contributed by atoms with Crippen LogP contribution in [0, 0.1) is 0 Å². The average molecular weight is 444 g/mol. The summed E-state index contributed by atoms with van der Waals surface area (Å²) in [6.07, 6.45) is 0. The Morgan fingerprint density at radius 2 is 1.65 bits per heavy atom. The number of hydrogen-bond acceptors (Lipinski definition) is 6. The largest absolute Gasteiger partial charge is 0.491 e. The first-order valence-electron chi connectivity index (χ1n) is 9.88. The lowest BCUT2D eigenvalue weighted by Crippen LogP contribution is -2.40. The first-order valence-corrected chi connectivity index (χ1v) is 10.3. The third kappa shape index (κ3) is 6.74. The highest BCUT2D eigenvalue weighted by Crippen LogP contribution is 2.14. The molecule has 2 N–H and O–H groups in total. The molecule has 2 amide bonds. The van der Waals surface area contributed by atoms with Crippen LogP contribution >= 0.6 is 12.2 Å². The van der Waals surface area contributed by atoms with Gasteiger partial charge < -0.3 is 24.4 Å². The van der Waals surface area contributed by atoms with Gasteiger partial charge in [-0.05, 0) is 60.7 Å². The van der Waals surface area contributed by atoms with E-state index < -0.39 is 0 Å². The van der Waals surface area contributed by atoms with Gasteiger partial charge >= 0.3 is 0 Å². The van der Waals surface area contributed by atoms with Gasteiger partial charge in [-0.1, -0.05) is 0 Å². The second kappa shape index (κ2) is 11.4. The number of carbonyl (C=O) groups is 2. The fourth-order valence-electron chi connectivity index (χ4n) is 2.93. The van der Waals surface area contributed by atoms with E-state index in [1.165, 1.54) is 0 Å². The third-order valence-corrected chi connectivity index (χ3v) is 4.79. The van der Waals surface area contributed by atoms with Crippen LogP contribution in [0.2, 0.25) is 0 Å². The number of amides is 2. The summed E-state index contributed by atoms with van der Waals surface area (Å²) in [5.41, 5.74) is 1.72. The highest BCUT2D eigenvalue weighted by Gasteiger charge is 2.18. The summed E-state index contributed by atoms with van der Waals surface area (Å²) in [6.45, 7) is 3.23. The molecule has 31 heavy (non-hydrogen) atoms. The molecule has 0 aromatic heterocycles. The van der Waals surface area contributed by atoms with Gasteiger partial charge in [-0.3, -0.25) is 14.9 Å². The highest BCUT2D eigenvalue weighted by molar-refractivity contribution is 7.80. The van der Waals surface area contributed by atoms with Crippen molar-refractivity contribution in [2.24, 2.45) is 0 Å². The van der Waals surface area contributed by atoms with E-state index in [1.807, 2.05) is 0 Å². The lowest BCUT2D eigenvalue weighted by Gasteiger charge is -2.26. The van der Waals surface area contributed by atoms with Crippen LogP contribution in [0.4, 0.5) is 5.69 Å². The molecule has 9 heteroatoms. The van der Waals surface area contributed by atoms with Crippen molar-refractivity contribution in [1.29, 1.82) is 0 Å². The van der Waals surface area contributed by atoms with E-state index in [2.05, 4.69) is 10.6 Å². The summed E-state index contributed by atoms with van der Waals surface area (Å²) in [5.74, 6) is 0.293. The first kappa shape index (κ1) is 22.7. The molecule has 0 aliphatic carbocycles. The van der Waals surface area contributed by atoms with Gasteiger partial charge in [-0.25, -0.2) is 0 Å². The normalized spacial score (nSPS) is 13.4. The Balaban J connectivity index is 1.49. The number of anilines is 1. The fourth-order valence-corrected chi connectivity index (χ4v) is 3.14. The molecule has 1 fully saturated rings. The zero-order chi connectivity index (χ0) is 22.1. The molecule has 8 nitrogen and oxygen atoms in total. The van der Waals surface area contributed by atoms with Gasteiger partial charge in [0.05, 0.1) is 19.8 Å². The Hall–Kier alpha value is -3.01. The number of nitrogens with zero attached hydrogens (tertiary/aromatic N) is 1. The Morgan fingerprint density at radius 1 is 1.00 bits per heavy atom. The number of ether oxygens (including phenoxy) is 3. The molecule has 1 aliphatic heterocycles. The summed E-state index contributed by atoms with van der Waals surface area (Å²) in [4.78, 5) is 26.6. The van der Waals surface area contributed by atoms with E-state index in [0.717, 1.165) is 0 Å². The number of rotatable bonds is 7. The zero-order valence-electron chi connectivity index (χ0n) is 17.3. The minimum absolute atomic E-state index is 0.0274. The molecule has 2 aromatic rings. The molecule has 0 saturated carbocycles. The molecular weight excluding hydrogens is 418 g/mol. The van der Waals surface area contributed by atoms with E-state index in [1.54, 1.807) is 60.5 Å². The van der Waals surface area contributed by atoms with Gasteiger partial charge in [-0.2, -0.15) is 0 Å². The summed E-state index contributed by atoms with van der Waals surface area (Å²) in [5, 5.41) is 5.75. The van der Waals surface area contributed by atoms with E-state index in [9.17, 15) is 9.59 Å². The number of morpholine rings is 1. The van der Waals surface area contributed by atoms with E-state index in [-0.39, 0.29) is 16.9 Å². The molecule has 0 bridgehead atoms. The number of hydrogen-bond donors (Lipinski definition) is 2. The number of thiocarbonyl (C=S) groups is 1. The summed E-state index contributed by atoms with van der Waals surface area (Å²) in [6, 6.07) is 13.7. The van der Waals surface area contributed by atoms with Gasteiger partial charge in [0.2, 0.25) is 0 Å². The topological polar surface area (TPSA) is 89.1 Å². The third-order valence-electron chi connectivity index (χ3n) is 4.59. The smallest absolute Gasteiger partial charge is 0.257 e. The summed E-state index contributed by atoms with van der Waals surface area (Å²) < 4.78 is 15.7. The van der Waals surface area contributed by atoms with Crippen LogP contribution in [0.1, 0.15) is 20.7 Å². The molecule has 2 aromatic carbocycles. The summed E-state index contributed by atoms with van der Waals surface area (Å²) in [7, 11) is 1.60. The maximum atomic E-state index is 12.5. The predicted molar refractivity (Wildman–Crippen MR) is 121 cm³/mol. The number of nitrogens with one attached hydrogen (secondary N) is 2. The monoisotopic (exact) mass is 443 g/mol. The van der Waals surface area contributed by atoms with Crippen molar-refractivity contribution in [2.45, 2.75) is 0 Å². The van der Waals surface area contributed by atoms with Gasteiger partial charge in [-0.15, -0.1) is 0 Å². The minimum atomic E-state index is -0.333. The van der Waals surface area contributed by atoms with Crippen molar-refractivity contribution in [3.63, 3.8) is 0 Å². The highest BCUT2D eigenvalue weighted by atomic mass is 32.1. The van der Waals surface area contributed by atoms with Crippen molar-refractivity contribution in [2.75, 3.05) is 51.9 Å². The molecule has 0 radical (unpaired) electrons. The van der Waals surface area contributed by atoms with Gasteiger partial charge in [0.15, 0.2) is 5.11 Å². The first-order chi connectivity index (χ1) is 15.1. The van der Waals surface area contributed by atoms with E-state index in [4.69, 9.17) is 26.4 Å². The SMILES string of the molecule is COCCOc1ccc(C(=O)NC(=S)Nc2ccc(C(=O)N3CCOCC3)cc2)cc1. The zero-order valence-corrected chi connectivity index (χ0v) is 18.1. The van der Waals surface area contributed by atoms with Crippen LogP contribution in [-0.2, 0) is 9.47 Å². The Morgan fingerprint density at radius 3 is 2.29 bits per heavy atom.